The van der Waals surface area contributed by atoms with E-state index in [0.29, 0.717) is 5.69 Å². The number of hydrogen-bond acceptors (Lipinski definition) is 5. The maximum atomic E-state index is 12.2. The van der Waals surface area contributed by atoms with Crippen molar-refractivity contribution in [2.45, 2.75) is 18.7 Å². The van der Waals surface area contributed by atoms with Crippen LogP contribution in [0.5, 0.6) is 0 Å². The molecular weight excluding hydrogens is 346 g/mol. The molecule has 8 nitrogen and oxygen atoms in total. The number of anilines is 1. The lowest BCUT2D eigenvalue weighted by Crippen LogP contribution is -2.33. The molecule has 2 N–H and O–H groups in total. The molecule has 132 valence electrons. The summed E-state index contributed by atoms with van der Waals surface area (Å²) in [4.78, 5) is 21.7. The molecule has 9 heteroatoms. The maximum absolute atomic E-state index is 12.2. The van der Waals surface area contributed by atoms with E-state index >= 15 is 0 Å². The number of nitro groups is 1. The van der Waals surface area contributed by atoms with Crippen molar-refractivity contribution >= 4 is 27.3 Å². The summed E-state index contributed by atoms with van der Waals surface area (Å²) in [6, 6.07) is 10.1. The Bertz CT molecular complexity index is 925. The summed E-state index contributed by atoms with van der Waals surface area (Å²) >= 11 is 0. The molecule has 0 bridgehead atoms. The predicted octanol–water partition coefficient (Wildman–Crippen LogP) is 2.13. The molecule has 0 unspecified atom stereocenters. The number of non-ortho nitro benzene ring substituents is 1. The lowest BCUT2D eigenvalue weighted by atomic mass is 10.1. The number of nitrogens with one attached hydrogen (secondary N) is 2. The molecule has 2 rings (SSSR count). The zero-order valence-corrected chi connectivity index (χ0v) is 14.5. The smallest absolute Gasteiger partial charge is 0.270 e. The summed E-state index contributed by atoms with van der Waals surface area (Å²) < 4.78 is 26.5. The summed E-state index contributed by atoms with van der Waals surface area (Å²) in [6.45, 7) is 3.26. The number of carbonyl (C=O) groups excluding carboxylic acids is 1. The molecule has 0 saturated heterocycles. The molecule has 0 atom stereocenters. The van der Waals surface area contributed by atoms with E-state index in [1.54, 1.807) is 6.07 Å². The third-order valence-corrected chi connectivity index (χ3v) is 4.82. The molecule has 0 aliphatic heterocycles. The highest BCUT2D eigenvalue weighted by molar-refractivity contribution is 7.89. The van der Waals surface area contributed by atoms with Crippen molar-refractivity contribution in [3.63, 3.8) is 0 Å². The highest BCUT2D eigenvalue weighted by Gasteiger charge is 2.18. The van der Waals surface area contributed by atoms with Crippen molar-refractivity contribution in [3.8, 4) is 0 Å². The molecule has 0 aliphatic rings. The van der Waals surface area contributed by atoms with Gasteiger partial charge < -0.3 is 5.32 Å². The van der Waals surface area contributed by atoms with Gasteiger partial charge in [0, 0.05) is 17.8 Å². The number of sulfonamides is 1. The first-order valence-electron chi connectivity index (χ1n) is 7.30. The van der Waals surface area contributed by atoms with Gasteiger partial charge in [-0.2, -0.15) is 0 Å². The molecular formula is C16H17N3O5S. The van der Waals surface area contributed by atoms with Crippen molar-refractivity contribution in [1.29, 1.82) is 0 Å². The number of nitro benzene ring substituents is 1. The fourth-order valence-electron chi connectivity index (χ4n) is 2.16. The van der Waals surface area contributed by atoms with Crippen molar-refractivity contribution < 1.29 is 18.1 Å². The van der Waals surface area contributed by atoms with E-state index in [1.165, 1.54) is 18.2 Å². The molecule has 0 radical (unpaired) electrons. The van der Waals surface area contributed by atoms with E-state index in [2.05, 4.69) is 10.0 Å². The molecule has 0 spiro atoms. The van der Waals surface area contributed by atoms with Crippen molar-refractivity contribution in [1.82, 2.24) is 4.72 Å². The summed E-state index contributed by atoms with van der Waals surface area (Å²) in [6.07, 6.45) is 0. The second-order valence-electron chi connectivity index (χ2n) is 5.45. The molecule has 0 fully saturated rings. The van der Waals surface area contributed by atoms with Crippen molar-refractivity contribution in [3.05, 3.63) is 63.7 Å². The Hall–Kier alpha value is -2.78. The van der Waals surface area contributed by atoms with Crippen LogP contribution < -0.4 is 10.0 Å². The van der Waals surface area contributed by atoms with E-state index in [4.69, 9.17) is 0 Å². The number of benzene rings is 2. The van der Waals surface area contributed by atoms with Crippen LogP contribution in [0.25, 0.3) is 0 Å². The largest absolute Gasteiger partial charge is 0.325 e. The van der Waals surface area contributed by atoms with Gasteiger partial charge in [0.2, 0.25) is 15.9 Å². The fourth-order valence-corrected chi connectivity index (χ4v) is 3.18. The Labute approximate surface area is 145 Å². The van der Waals surface area contributed by atoms with Gasteiger partial charge in [0.15, 0.2) is 0 Å². The minimum Gasteiger partial charge on any atom is -0.325 e. The van der Waals surface area contributed by atoms with Crippen LogP contribution in [0.2, 0.25) is 0 Å². The third-order valence-electron chi connectivity index (χ3n) is 3.42. The van der Waals surface area contributed by atoms with E-state index in [1.807, 2.05) is 26.0 Å². The summed E-state index contributed by atoms with van der Waals surface area (Å²) in [5, 5.41) is 13.3. The van der Waals surface area contributed by atoms with Gasteiger partial charge in [0.1, 0.15) is 0 Å². The van der Waals surface area contributed by atoms with Crippen LogP contribution in [0, 0.1) is 24.0 Å². The van der Waals surface area contributed by atoms with Gasteiger partial charge in [-0.15, -0.1) is 0 Å². The Morgan fingerprint density at radius 2 is 1.88 bits per heavy atom. The van der Waals surface area contributed by atoms with Gasteiger partial charge in [-0.1, -0.05) is 23.8 Å². The number of amides is 1. The number of nitrogens with zero attached hydrogens (tertiary/aromatic N) is 1. The van der Waals surface area contributed by atoms with Crippen LogP contribution in [0.15, 0.2) is 47.4 Å². The number of rotatable bonds is 6. The van der Waals surface area contributed by atoms with Gasteiger partial charge >= 0.3 is 0 Å². The standard InChI is InChI=1S/C16H17N3O5S/c1-11-6-7-15(12(2)8-11)18-16(20)10-17-25(23,24)14-5-3-4-13(9-14)19(21)22/h3-9,17H,10H2,1-2H3,(H,18,20). The van der Waals surface area contributed by atoms with E-state index in [-0.39, 0.29) is 10.6 Å². The summed E-state index contributed by atoms with van der Waals surface area (Å²) in [7, 11) is -4.04. The lowest BCUT2D eigenvalue weighted by molar-refractivity contribution is -0.385. The molecule has 25 heavy (non-hydrogen) atoms. The molecule has 2 aromatic rings. The zero-order chi connectivity index (χ0) is 18.6. The topological polar surface area (TPSA) is 118 Å². The van der Waals surface area contributed by atoms with Crippen LogP contribution >= 0.6 is 0 Å². The van der Waals surface area contributed by atoms with Gasteiger partial charge in [-0.3, -0.25) is 14.9 Å². The number of hydrogen-bond donors (Lipinski definition) is 2. The minimum atomic E-state index is -4.04. The highest BCUT2D eigenvalue weighted by atomic mass is 32.2. The first-order valence-corrected chi connectivity index (χ1v) is 8.78. The van der Waals surface area contributed by atoms with Crippen LogP contribution in [0.4, 0.5) is 11.4 Å². The van der Waals surface area contributed by atoms with Crippen LogP contribution in [0.3, 0.4) is 0 Å². The first kappa shape index (κ1) is 18.6. The van der Waals surface area contributed by atoms with Gasteiger partial charge in [-0.25, -0.2) is 13.1 Å². The van der Waals surface area contributed by atoms with Gasteiger partial charge in [-0.05, 0) is 31.5 Å². The summed E-state index contributed by atoms with van der Waals surface area (Å²) in [5.74, 6) is -0.541. The molecule has 0 saturated carbocycles. The van der Waals surface area contributed by atoms with E-state index < -0.39 is 27.4 Å². The molecule has 1 amide bonds. The Balaban J connectivity index is 2.05. The molecule has 0 aromatic heterocycles. The monoisotopic (exact) mass is 363 g/mol. The predicted molar refractivity (Wildman–Crippen MR) is 92.8 cm³/mol. The lowest BCUT2D eigenvalue weighted by Gasteiger charge is -2.10. The Kier molecular flexibility index (Phi) is 5.50. The molecule has 2 aromatic carbocycles. The van der Waals surface area contributed by atoms with Crippen molar-refractivity contribution in [2.24, 2.45) is 0 Å². The SMILES string of the molecule is Cc1ccc(NC(=O)CNS(=O)(=O)c2cccc([N+](=O)[O-])c2)c(C)c1. The quantitative estimate of drug-likeness (QED) is 0.602. The average molecular weight is 363 g/mol. The second kappa shape index (κ2) is 7.41. The third kappa shape index (κ3) is 4.85. The van der Waals surface area contributed by atoms with Crippen LogP contribution in [-0.4, -0.2) is 25.8 Å². The minimum absolute atomic E-state index is 0.277. The molecule has 0 heterocycles. The Morgan fingerprint density at radius 3 is 2.52 bits per heavy atom. The number of aryl methyl sites for hydroxylation is 2. The zero-order valence-electron chi connectivity index (χ0n) is 13.6. The normalized spacial score (nSPS) is 11.1. The van der Waals surface area contributed by atoms with Gasteiger partial charge in [0.25, 0.3) is 5.69 Å². The van der Waals surface area contributed by atoms with Crippen LogP contribution in [0.1, 0.15) is 11.1 Å². The van der Waals surface area contributed by atoms with E-state index in [9.17, 15) is 23.3 Å². The van der Waals surface area contributed by atoms with Gasteiger partial charge in [0.05, 0.1) is 16.4 Å². The average Bonchev–Trinajstić information content (AvgIpc) is 2.56. The Morgan fingerprint density at radius 1 is 1.16 bits per heavy atom. The van der Waals surface area contributed by atoms with E-state index in [0.717, 1.165) is 17.2 Å². The molecule has 0 aliphatic carbocycles. The summed E-state index contributed by atoms with van der Waals surface area (Å²) in [5.41, 5.74) is 2.14. The fraction of sp³-hybridized carbons (Fsp3) is 0.188. The second-order valence-corrected chi connectivity index (χ2v) is 7.21. The van der Waals surface area contributed by atoms with Crippen LogP contribution in [-0.2, 0) is 14.8 Å². The highest BCUT2D eigenvalue weighted by Crippen LogP contribution is 2.18. The van der Waals surface area contributed by atoms with Crippen molar-refractivity contribution in [2.75, 3.05) is 11.9 Å². The first-order chi connectivity index (χ1) is 11.7. The number of carbonyl (C=O) groups is 1. The maximum Gasteiger partial charge on any atom is 0.270 e.